The van der Waals surface area contributed by atoms with Crippen molar-refractivity contribution in [2.45, 2.75) is 6.92 Å². The molecule has 0 radical (unpaired) electrons. The van der Waals surface area contributed by atoms with Gasteiger partial charge in [-0.15, -0.1) is 0 Å². The molecule has 0 unspecified atom stereocenters. The van der Waals surface area contributed by atoms with Gasteiger partial charge in [-0.25, -0.2) is 0 Å². The normalized spacial score (nSPS) is 15.9. The van der Waals surface area contributed by atoms with E-state index in [4.69, 9.17) is 17.0 Å². The van der Waals surface area contributed by atoms with Gasteiger partial charge in [0.1, 0.15) is 0 Å². The number of carbonyl (C=O) groups excluding carboxylic acids is 1. The van der Waals surface area contributed by atoms with Crippen LogP contribution in [0.5, 0.6) is 11.5 Å². The van der Waals surface area contributed by atoms with E-state index in [0.29, 0.717) is 27.1 Å². The highest BCUT2D eigenvalue weighted by molar-refractivity contribution is 9.10. The van der Waals surface area contributed by atoms with Crippen molar-refractivity contribution in [3.63, 3.8) is 0 Å². The average molecular weight is 436 g/mol. The largest absolute Gasteiger partial charge is 0.504 e. The number of aromatic hydroxyl groups is 1. The number of para-hydroxylation sites is 1. The monoisotopic (exact) mass is 435 g/mol. The van der Waals surface area contributed by atoms with E-state index < -0.39 is 0 Å². The summed E-state index contributed by atoms with van der Waals surface area (Å²) in [4.78, 5) is 14.7. The predicted molar refractivity (Wildman–Crippen MR) is 109 cm³/mol. The van der Waals surface area contributed by atoms with Crippen molar-refractivity contribution < 1.29 is 14.6 Å². The Balaban J connectivity index is 1.98. The number of thiocarbonyl (C=S) groups is 1. The summed E-state index contributed by atoms with van der Waals surface area (Å²) in [7, 11) is 0. The van der Waals surface area contributed by atoms with Gasteiger partial charge in [0.15, 0.2) is 15.8 Å². The standard InChI is InChI=1S/C18H14BrNO3S2/c1-2-23-14-10-12(19)8-11(16(14)21)9-15-17(22)20(18(24)25-15)13-6-4-3-5-7-13/h3-10,21H,2H2,1H3/b15-9+. The van der Waals surface area contributed by atoms with Gasteiger partial charge in [0, 0.05) is 10.0 Å². The van der Waals surface area contributed by atoms with Crippen molar-refractivity contribution in [1.29, 1.82) is 0 Å². The molecule has 1 heterocycles. The number of hydrogen-bond acceptors (Lipinski definition) is 5. The van der Waals surface area contributed by atoms with Crippen molar-refractivity contribution in [3.05, 3.63) is 57.4 Å². The molecule has 3 rings (SSSR count). The summed E-state index contributed by atoms with van der Waals surface area (Å²) < 4.78 is 6.63. The van der Waals surface area contributed by atoms with Crippen LogP contribution in [0.1, 0.15) is 12.5 Å². The highest BCUT2D eigenvalue weighted by Gasteiger charge is 2.33. The Morgan fingerprint density at radius 3 is 2.72 bits per heavy atom. The maximum atomic E-state index is 12.8. The number of anilines is 1. The molecule has 4 nitrogen and oxygen atoms in total. The summed E-state index contributed by atoms with van der Waals surface area (Å²) in [6.07, 6.45) is 1.63. The summed E-state index contributed by atoms with van der Waals surface area (Å²) in [6.45, 7) is 2.27. The van der Waals surface area contributed by atoms with Crippen molar-refractivity contribution in [3.8, 4) is 11.5 Å². The second-order valence-corrected chi connectivity index (χ2v) is 7.72. The number of phenols is 1. The number of hydrogen-bond donors (Lipinski definition) is 1. The first-order chi connectivity index (χ1) is 12.0. The first-order valence-electron chi connectivity index (χ1n) is 7.49. The quantitative estimate of drug-likeness (QED) is 0.543. The van der Waals surface area contributed by atoms with Crippen LogP contribution in [-0.2, 0) is 4.79 Å². The van der Waals surface area contributed by atoms with Gasteiger partial charge in [0.25, 0.3) is 5.91 Å². The minimum absolute atomic E-state index is 0.00460. The third-order valence-electron chi connectivity index (χ3n) is 3.46. The van der Waals surface area contributed by atoms with Crippen molar-refractivity contribution >= 4 is 61.9 Å². The molecule has 2 aromatic rings. The van der Waals surface area contributed by atoms with E-state index in [0.717, 1.165) is 10.2 Å². The third kappa shape index (κ3) is 3.73. The fourth-order valence-corrected chi connectivity index (χ4v) is 4.12. The maximum Gasteiger partial charge on any atom is 0.270 e. The van der Waals surface area contributed by atoms with Crippen LogP contribution in [0.4, 0.5) is 5.69 Å². The Bertz CT molecular complexity index is 868. The van der Waals surface area contributed by atoms with Crippen LogP contribution in [0.3, 0.4) is 0 Å². The zero-order valence-corrected chi connectivity index (χ0v) is 16.5. The lowest BCUT2D eigenvalue weighted by Crippen LogP contribution is -2.27. The Labute approximate surface area is 163 Å². The molecule has 25 heavy (non-hydrogen) atoms. The first-order valence-corrected chi connectivity index (χ1v) is 9.51. The number of phenolic OH excluding ortho intramolecular Hbond substituents is 1. The molecule has 1 aliphatic heterocycles. The van der Waals surface area contributed by atoms with Crippen LogP contribution in [-0.4, -0.2) is 21.9 Å². The van der Waals surface area contributed by atoms with Gasteiger partial charge in [0.2, 0.25) is 0 Å². The minimum Gasteiger partial charge on any atom is -0.504 e. The van der Waals surface area contributed by atoms with Crippen molar-refractivity contribution in [2.75, 3.05) is 11.5 Å². The smallest absolute Gasteiger partial charge is 0.270 e. The molecule has 1 N–H and O–H groups in total. The van der Waals surface area contributed by atoms with E-state index in [1.54, 1.807) is 18.2 Å². The molecule has 1 aliphatic rings. The number of nitrogens with zero attached hydrogens (tertiary/aromatic N) is 1. The number of halogens is 1. The summed E-state index contributed by atoms with van der Waals surface area (Å²) in [5.41, 5.74) is 1.22. The topological polar surface area (TPSA) is 49.8 Å². The van der Waals surface area contributed by atoms with Gasteiger partial charge in [0.05, 0.1) is 17.2 Å². The molecule has 1 fully saturated rings. The molecule has 2 aromatic carbocycles. The Hall–Kier alpha value is -1.83. The Kier molecular flexibility index (Phi) is 5.46. The van der Waals surface area contributed by atoms with Gasteiger partial charge in [-0.1, -0.05) is 58.1 Å². The number of benzene rings is 2. The molecule has 0 atom stereocenters. The van der Waals surface area contributed by atoms with Crippen LogP contribution >= 0.6 is 39.9 Å². The molecule has 7 heteroatoms. The molecule has 128 valence electrons. The fourth-order valence-electron chi connectivity index (χ4n) is 2.38. The number of ether oxygens (including phenoxy) is 1. The number of rotatable bonds is 4. The first kappa shape index (κ1) is 18.0. The van der Waals surface area contributed by atoms with E-state index >= 15 is 0 Å². The molecule has 0 bridgehead atoms. The lowest BCUT2D eigenvalue weighted by Gasteiger charge is -2.14. The zero-order chi connectivity index (χ0) is 18.0. The SMILES string of the molecule is CCOc1cc(Br)cc(/C=C2/SC(=S)N(c3ccccc3)C2=O)c1O. The third-order valence-corrected chi connectivity index (χ3v) is 5.22. The summed E-state index contributed by atoms with van der Waals surface area (Å²) in [5.74, 6) is 0.148. The lowest BCUT2D eigenvalue weighted by molar-refractivity contribution is -0.113. The molecule has 0 saturated carbocycles. The van der Waals surface area contributed by atoms with Crippen LogP contribution in [0.2, 0.25) is 0 Å². The van der Waals surface area contributed by atoms with Crippen LogP contribution < -0.4 is 9.64 Å². The predicted octanol–water partition coefficient (Wildman–Crippen LogP) is 4.96. The highest BCUT2D eigenvalue weighted by Crippen LogP contribution is 2.40. The minimum atomic E-state index is -0.210. The number of amides is 1. The summed E-state index contributed by atoms with van der Waals surface area (Å²) >= 11 is 9.95. The summed E-state index contributed by atoms with van der Waals surface area (Å²) in [5, 5.41) is 10.4. The number of thioether (sulfide) groups is 1. The van der Waals surface area contributed by atoms with Crippen LogP contribution in [0.15, 0.2) is 51.8 Å². The Morgan fingerprint density at radius 2 is 2.04 bits per heavy atom. The van der Waals surface area contributed by atoms with Crippen LogP contribution in [0.25, 0.3) is 6.08 Å². The molecule has 0 aromatic heterocycles. The number of carbonyl (C=O) groups is 1. The fraction of sp³-hybridized carbons (Fsp3) is 0.111. The van der Waals surface area contributed by atoms with Crippen molar-refractivity contribution in [1.82, 2.24) is 0 Å². The van der Waals surface area contributed by atoms with Crippen molar-refractivity contribution in [2.24, 2.45) is 0 Å². The molecular weight excluding hydrogens is 422 g/mol. The Morgan fingerprint density at radius 1 is 1.32 bits per heavy atom. The van der Waals surface area contributed by atoms with Gasteiger partial charge < -0.3 is 9.84 Å². The molecule has 0 spiro atoms. The second kappa shape index (κ2) is 7.59. The van der Waals surface area contributed by atoms with E-state index in [-0.39, 0.29) is 11.7 Å². The molecular formula is C18H14BrNO3S2. The van der Waals surface area contributed by atoms with Gasteiger partial charge in [-0.2, -0.15) is 0 Å². The average Bonchev–Trinajstić information content (AvgIpc) is 2.86. The second-order valence-electron chi connectivity index (χ2n) is 5.13. The van der Waals surface area contributed by atoms with Gasteiger partial charge in [-0.3, -0.25) is 9.69 Å². The van der Waals surface area contributed by atoms with Gasteiger partial charge in [-0.05, 0) is 37.3 Å². The van der Waals surface area contributed by atoms with E-state index in [1.165, 1.54) is 16.7 Å². The highest BCUT2D eigenvalue weighted by atomic mass is 79.9. The zero-order valence-electron chi connectivity index (χ0n) is 13.2. The van der Waals surface area contributed by atoms with E-state index in [1.807, 2.05) is 37.3 Å². The summed E-state index contributed by atoms with van der Waals surface area (Å²) in [6, 6.07) is 12.7. The lowest BCUT2D eigenvalue weighted by atomic mass is 10.1. The van der Waals surface area contributed by atoms with E-state index in [9.17, 15) is 9.90 Å². The molecule has 0 aliphatic carbocycles. The van der Waals surface area contributed by atoms with Gasteiger partial charge >= 0.3 is 0 Å². The van der Waals surface area contributed by atoms with E-state index in [2.05, 4.69) is 15.9 Å². The molecule has 1 saturated heterocycles. The van der Waals surface area contributed by atoms with Crippen LogP contribution in [0, 0.1) is 0 Å². The molecule has 1 amide bonds. The maximum absolute atomic E-state index is 12.8.